The van der Waals surface area contributed by atoms with Gasteiger partial charge in [0.15, 0.2) is 0 Å². The monoisotopic (exact) mass is 279 g/mol. The van der Waals surface area contributed by atoms with E-state index in [0.29, 0.717) is 6.61 Å². The van der Waals surface area contributed by atoms with Crippen molar-refractivity contribution in [1.29, 1.82) is 0 Å². The summed E-state index contributed by atoms with van der Waals surface area (Å²) in [4.78, 5) is 0. The summed E-state index contributed by atoms with van der Waals surface area (Å²) in [5, 5.41) is 0. The Morgan fingerprint density at radius 2 is 1.70 bits per heavy atom. The van der Waals surface area contributed by atoms with E-state index >= 15 is 0 Å². The fraction of sp³-hybridized carbons (Fsp3) is 0.647. The molecule has 1 aromatic rings. The molecule has 20 heavy (non-hydrogen) atoms. The first-order valence-electron chi connectivity index (χ1n) is 7.50. The summed E-state index contributed by atoms with van der Waals surface area (Å²) >= 11 is 0. The van der Waals surface area contributed by atoms with Gasteiger partial charge in [0.05, 0.1) is 18.8 Å². The second-order valence-electron chi connectivity index (χ2n) is 5.36. The van der Waals surface area contributed by atoms with Crippen molar-refractivity contribution >= 4 is 0 Å². The maximum Gasteiger partial charge on any atom is 0.122 e. The highest BCUT2D eigenvalue weighted by atomic mass is 16.5. The summed E-state index contributed by atoms with van der Waals surface area (Å²) in [5.41, 5.74) is 9.71. The number of hydrogen-bond acceptors (Lipinski definition) is 3. The van der Waals surface area contributed by atoms with E-state index in [4.69, 9.17) is 15.2 Å². The summed E-state index contributed by atoms with van der Waals surface area (Å²) in [5.74, 6) is 0.911. The smallest absolute Gasteiger partial charge is 0.122 e. The molecule has 3 heteroatoms. The van der Waals surface area contributed by atoms with Crippen LogP contribution in [0.25, 0.3) is 0 Å². The number of benzene rings is 1. The van der Waals surface area contributed by atoms with Crippen LogP contribution >= 0.6 is 0 Å². The van der Waals surface area contributed by atoms with E-state index in [9.17, 15) is 0 Å². The molecule has 2 N–H and O–H groups in total. The van der Waals surface area contributed by atoms with E-state index in [1.54, 1.807) is 7.11 Å². The van der Waals surface area contributed by atoms with Gasteiger partial charge >= 0.3 is 0 Å². The van der Waals surface area contributed by atoms with E-state index in [2.05, 4.69) is 39.8 Å². The van der Waals surface area contributed by atoms with Gasteiger partial charge in [-0.15, -0.1) is 0 Å². The van der Waals surface area contributed by atoms with Gasteiger partial charge in [-0.1, -0.05) is 19.9 Å². The van der Waals surface area contributed by atoms with Crippen LogP contribution in [-0.2, 0) is 4.74 Å². The summed E-state index contributed by atoms with van der Waals surface area (Å²) in [6.45, 7) is 11.1. The maximum absolute atomic E-state index is 6.58. The average molecular weight is 279 g/mol. The minimum Gasteiger partial charge on any atom is -0.496 e. The van der Waals surface area contributed by atoms with Crippen molar-refractivity contribution in [2.24, 2.45) is 5.73 Å². The summed E-state index contributed by atoms with van der Waals surface area (Å²) in [7, 11) is 1.70. The number of rotatable bonds is 7. The molecule has 0 aliphatic rings. The Morgan fingerprint density at radius 3 is 2.15 bits per heavy atom. The van der Waals surface area contributed by atoms with Crippen LogP contribution in [0, 0.1) is 13.8 Å². The molecule has 0 bridgehead atoms. The first kappa shape index (κ1) is 17.0. The predicted octanol–water partition coefficient (Wildman–Crippen LogP) is 3.91. The standard InChI is InChI=1S/C17H29NO2/c1-7-17(8-2,20-9-3)16(18)14-10-13(5)15(19-6)11-12(14)4/h10-11,16H,7-9,18H2,1-6H3. The Kier molecular flexibility index (Phi) is 6.03. The zero-order valence-electron chi connectivity index (χ0n) is 13.7. The third-order valence-electron chi connectivity index (χ3n) is 4.31. The van der Waals surface area contributed by atoms with E-state index in [1.165, 1.54) is 0 Å². The highest BCUT2D eigenvalue weighted by Crippen LogP contribution is 2.36. The number of hydrogen-bond donors (Lipinski definition) is 1. The molecule has 0 saturated carbocycles. The van der Waals surface area contributed by atoms with Crippen molar-refractivity contribution in [2.45, 2.75) is 59.1 Å². The molecule has 0 aromatic heterocycles. The van der Waals surface area contributed by atoms with E-state index in [1.807, 2.05) is 6.92 Å². The van der Waals surface area contributed by atoms with Crippen LogP contribution in [0.4, 0.5) is 0 Å². The lowest BCUT2D eigenvalue weighted by molar-refractivity contribution is -0.0647. The normalized spacial score (nSPS) is 13.3. The fourth-order valence-electron chi connectivity index (χ4n) is 2.92. The SMILES string of the molecule is CCOC(CC)(CC)C(N)c1cc(C)c(OC)cc1C. The van der Waals surface area contributed by atoms with Crippen molar-refractivity contribution in [1.82, 2.24) is 0 Å². The molecule has 0 radical (unpaired) electrons. The first-order chi connectivity index (χ1) is 9.45. The largest absolute Gasteiger partial charge is 0.496 e. The van der Waals surface area contributed by atoms with Crippen molar-refractivity contribution in [3.05, 3.63) is 28.8 Å². The fourth-order valence-corrected chi connectivity index (χ4v) is 2.92. The maximum atomic E-state index is 6.58. The van der Waals surface area contributed by atoms with Crippen LogP contribution in [0.15, 0.2) is 12.1 Å². The summed E-state index contributed by atoms with van der Waals surface area (Å²) < 4.78 is 11.4. The number of ether oxygens (including phenoxy) is 2. The molecule has 0 saturated heterocycles. The first-order valence-corrected chi connectivity index (χ1v) is 7.50. The molecule has 1 unspecified atom stereocenters. The van der Waals surface area contributed by atoms with Crippen LogP contribution in [0.3, 0.4) is 0 Å². The Bertz CT molecular complexity index is 439. The predicted molar refractivity (Wildman–Crippen MR) is 84.3 cm³/mol. The molecule has 0 amide bonds. The molecule has 0 aliphatic carbocycles. The molecule has 0 heterocycles. The number of methoxy groups -OCH3 is 1. The van der Waals surface area contributed by atoms with Crippen LogP contribution in [-0.4, -0.2) is 19.3 Å². The van der Waals surface area contributed by atoms with Crippen molar-refractivity contribution in [2.75, 3.05) is 13.7 Å². The van der Waals surface area contributed by atoms with E-state index < -0.39 is 0 Å². The van der Waals surface area contributed by atoms with E-state index in [-0.39, 0.29) is 11.6 Å². The topological polar surface area (TPSA) is 44.5 Å². The molecule has 3 nitrogen and oxygen atoms in total. The lowest BCUT2D eigenvalue weighted by Gasteiger charge is -2.38. The second-order valence-corrected chi connectivity index (χ2v) is 5.36. The van der Waals surface area contributed by atoms with Gasteiger partial charge < -0.3 is 15.2 Å². The van der Waals surface area contributed by atoms with Gasteiger partial charge in [0.25, 0.3) is 0 Å². The van der Waals surface area contributed by atoms with Gasteiger partial charge in [-0.3, -0.25) is 0 Å². The molecule has 0 aliphatic heterocycles. The quantitative estimate of drug-likeness (QED) is 0.823. The molecule has 0 spiro atoms. The zero-order chi connectivity index (χ0) is 15.3. The van der Waals surface area contributed by atoms with Gasteiger partial charge in [-0.05, 0) is 56.4 Å². The summed E-state index contributed by atoms with van der Waals surface area (Å²) in [6.07, 6.45) is 1.81. The molecular weight excluding hydrogens is 250 g/mol. The molecule has 1 atom stereocenters. The molecular formula is C17H29NO2. The van der Waals surface area contributed by atoms with Crippen LogP contribution in [0.5, 0.6) is 5.75 Å². The van der Waals surface area contributed by atoms with E-state index in [0.717, 1.165) is 35.3 Å². The van der Waals surface area contributed by atoms with Gasteiger partial charge in [-0.25, -0.2) is 0 Å². The third-order valence-corrected chi connectivity index (χ3v) is 4.31. The van der Waals surface area contributed by atoms with Crippen molar-refractivity contribution in [3.8, 4) is 5.75 Å². The van der Waals surface area contributed by atoms with Gasteiger partial charge in [0, 0.05) is 6.61 Å². The Morgan fingerprint density at radius 1 is 1.10 bits per heavy atom. The average Bonchev–Trinajstić information content (AvgIpc) is 2.46. The Balaban J connectivity index is 3.24. The molecule has 114 valence electrons. The number of aryl methyl sites for hydroxylation is 2. The highest BCUT2D eigenvalue weighted by Gasteiger charge is 2.36. The minimum atomic E-state index is -0.291. The number of nitrogens with two attached hydrogens (primary N) is 1. The lowest BCUT2D eigenvalue weighted by Crippen LogP contribution is -2.43. The van der Waals surface area contributed by atoms with Gasteiger partial charge in [0.1, 0.15) is 5.75 Å². The van der Waals surface area contributed by atoms with Crippen molar-refractivity contribution < 1.29 is 9.47 Å². The molecule has 1 rings (SSSR count). The highest BCUT2D eigenvalue weighted by molar-refractivity contribution is 5.43. The third kappa shape index (κ3) is 3.15. The Labute approximate surface area is 123 Å². The van der Waals surface area contributed by atoms with Gasteiger partial charge in [-0.2, -0.15) is 0 Å². The van der Waals surface area contributed by atoms with Crippen LogP contribution in [0.2, 0.25) is 0 Å². The van der Waals surface area contributed by atoms with Crippen LogP contribution in [0.1, 0.15) is 56.3 Å². The minimum absolute atomic E-state index is 0.123. The Hall–Kier alpha value is -1.06. The second kappa shape index (κ2) is 7.09. The molecule has 0 fully saturated rings. The zero-order valence-corrected chi connectivity index (χ0v) is 13.7. The van der Waals surface area contributed by atoms with Crippen molar-refractivity contribution in [3.63, 3.8) is 0 Å². The lowest BCUT2D eigenvalue weighted by atomic mass is 9.82. The van der Waals surface area contributed by atoms with Gasteiger partial charge in [0.2, 0.25) is 0 Å². The molecule has 1 aromatic carbocycles. The van der Waals surface area contributed by atoms with Crippen LogP contribution < -0.4 is 10.5 Å². The summed E-state index contributed by atoms with van der Waals surface area (Å²) in [6, 6.07) is 4.08.